The minimum atomic E-state index is -0.0220. The minimum absolute atomic E-state index is 0. The standard InChI is InChI=1S/C20H18.BrH/c1-4-10-18(11-5-1)14-17-20(15-8-3-9-16-20)19-12-6-2-7-13-19;/h1-15,17H,16H2;1H. The van der Waals surface area contributed by atoms with Gasteiger partial charge in [0.2, 0.25) is 0 Å². The molecule has 3 rings (SSSR count). The van der Waals surface area contributed by atoms with Crippen molar-refractivity contribution in [2.75, 3.05) is 0 Å². The summed E-state index contributed by atoms with van der Waals surface area (Å²) in [6.07, 6.45) is 14.3. The van der Waals surface area contributed by atoms with E-state index in [4.69, 9.17) is 0 Å². The molecule has 0 spiro atoms. The first kappa shape index (κ1) is 15.5. The van der Waals surface area contributed by atoms with E-state index in [1.807, 2.05) is 6.07 Å². The maximum absolute atomic E-state index is 2.32. The summed E-state index contributed by atoms with van der Waals surface area (Å²) in [6.45, 7) is 0. The van der Waals surface area contributed by atoms with Gasteiger partial charge >= 0.3 is 0 Å². The van der Waals surface area contributed by atoms with Crippen molar-refractivity contribution in [2.24, 2.45) is 0 Å². The van der Waals surface area contributed by atoms with Crippen LogP contribution >= 0.6 is 17.0 Å². The van der Waals surface area contributed by atoms with E-state index in [1.54, 1.807) is 0 Å². The van der Waals surface area contributed by atoms with E-state index in [2.05, 4.69) is 91.1 Å². The quantitative estimate of drug-likeness (QED) is 0.670. The summed E-state index contributed by atoms with van der Waals surface area (Å²) < 4.78 is 0. The Kier molecular flexibility index (Phi) is 5.35. The largest absolute Gasteiger partial charge is 0.114 e. The zero-order valence-corrected chi connectivity index (χ0v) is 13.6. The van der Waals surface area contributed by atoms with Gasteiger partial charge in [0.1, 0.15) is 0 Å². The van der Waals surface area contributed by atoms with E-state index in [-0.39, 0.29) is 22.4 Å². The van der Waals surface area contributed by atoms with Crippen LogP contribution in [0.3, 0.4) is 0 Å². The number of benzene rings is 2. The molecule has 0 bridgehead atoms. The number of hydrogen-bond acceptors (Lipinski definition) is 0. The molecular weight excluding hydrogens is 320 g/mol. The van der Waals surface area contributed by atoms with Gasteiger partial charge in [-0.3, -0.25) is 0 Å². The van der Waals surface area contributed by atoms with Crippen molar-refractivity contribution in [3.8, 4) is 0 Å². The summed E-state index contributed by atoms with van der Waals surface area (Å²) in [6, 6.07) is 21.2. The molecule has 0 saturated heterocycles. The molecule has 0 saturated carbocycles. The summed E-state index contributed by atoms with van der Waals surface area (Å²) in [5, 5.41) is 0. The molecule has 106 valence electrons. The van der Waals surface area contributed by atoms with Gasteiger partial charge in [0, 0.05) is 5.41 Å². The third kappa shape index (κ3) is 3.62. The van der Waals surface area contributed by atoms with Gasteiger partial charge < -0.3 is 0 Å². The Morgan fingerprint density at radius 3 is 2.10 bits per heavy atom. The average molecular weight is 339 g/mol. The monoisotopic (exact) mass is 338 g/mol. The molecule has 1 aliphatic rings. The molecule has 1 heteroatoms. The Balaban J connectivity index is 0.00000161. The summed E-state index contributed by atoms with van der Waals surface area (Å²) in [5.41, 5.74) is 2.56. The highest BCUT2D eigenvalue weighted by Crippen LogP contribution is 2.34. The Bertz CT molecular complexity index is 638. The molecule has 1 aliphatic carbocycles. The summed E-state index contributed by atoms with van der Waals surface area (Å²) in [7, 11) is 0. The maximum atomic E-state index is 2.32. The summed E-state index contributed by atoms with van der Waals surface area (Å²) in [4.78, 5) is 0. The smallest absolute Gasteiger partial charge is 0.0352 e. The first-order valence-electron chi connectivity index (χ1n) is 7.03. The van der Waals surface area contributed by atoms with Gasteiger partial charge in [-0.25, -0.2) is 0 Å². The van der Waals surface area contributed by atoms with Gasteiger partial charge in [0.15, 0.2) is 0 Å². The maximum Gasteiger partial charge on any atom is 0.0352 e. The Morgan fingerprint density at radius 1 is 0.810 bits per heavy atom. The van der Waals surface area contributed by atoms with E-state index >= 15 is 0 Å². The second-order valence-corrected chi connectivity index (χ2v) is 5.14. The molecule has 0 aliphatic heterocycles. The fraction of sp³-hybridized carbons (Fsp3) is 0.100. The van der Waals surface area contributed by atoms with Crippen molar-refractivity contribution in [3.05, 3.63) is 102 Å². The molecule has 0 heterocycles. The van der Waals surface area contributed by atoms with Crippen molar-refractivity contribution in [1.82, 2.24) is 0 Å². The molecule has 0 aromatic heterocycles. The second-order valence-electron chi connectivity index (χ2n) is 5.14. The fourth-order valence-electron chi connectivity index (χ4n) is 2.63. The highest BCUT2D eigenvalue weighted by molar-refractivity contribution is 8.93. The van der Waals surface area contributed by atoms with Crippen molar-refractivity contribution in [3.63, 3.8) is 0 Å². The molecule has 0 fully saturated rings. The van der Waals surface area contributed by atoms with Gasteiger partial charge in [-0.2, -0.15) is 0 Å². The Morgan fingerprint density at radius 2 is 1.48 bits per heavy atom. The van der Waals surface area contributed by atoms with Gasteiger partial charge in [0.25, 0.3) is 0 Å². The molecule has 2 aromatic carbocycles. The van der Waals surface area contributed by atoms with Crippen LogP contribution in [0.1, 0.15) is 17.5 Å². The number of hydrogen-bond donors (Lipinski definition) is 0. The number of rotatable bonds is 3. The van der Waals surface area contributed by atoms with Gasteiger partial charge in [-0.15, -0.1) is 17.0 Å². The normalized spacial score (nSPS) is 20.4. The summed E-state index contributed by atoms with van der Waals surface area (Å²) in [5.74, 6) is 0. The van der Waals surface area contributed by atoms with Crippen molar-refractivity contribution < 1.29 is 0 Å². The van der Waals surface area contributed by atoms with Crippen LogP contribution in [0, 0.1) is 0 Å². The Hall–Kier alpha value is -1.86. The molecule has 1 unspecified atom stereocenters. The minimum Gasteiger partial charge on any atom is -0.114 e. The summed E-state index contributed by atoms with van der Waals surface area (Å²) >= 11 is 0. The molecule has 21 heavy (non-hydrogen) atoms. The van der Waals surface area contributed by atoms with Crippen molar-refractivity contribution in [1.29, 1.82) is 0 Å². The average Bonchev–Trinajstić information content (AvgIpc) is 2.56. The molecule has 2 aromatic rings. The van der Waals surface area contributed by atoms with Crippen LogP contribution in [0.15, 0.2) is 91.0 Å². The molecular formula is C20H19Br. The van der Waals surface area contributed by atoms with Crippen LogP contribution in [-0.2, 0) is 5.41 Å². The van der Waals surface area contributed by atoms with Crippen molar-refractivity contribution in [2.45, 2.75) is 11.8 Å². The van der Waals surface area contributed by atoms with Crippen LogP contribution in [0.5, 0.6) is 0 Å². The highest BCUT2D eigenvalue weighted by atomic mass is 79.9. The first-order valence-corrected chi connectivity index (χ1v) is 7.03. The van der Waals surface area contributed by atoms with Gasteiger partial charge in [-0.05, 0) is 17.5 Å². The molecule has 0 N–H and O–H groups in total. The SMILES string of the molecule is Br.C1=CCC(C=Cc2ccccc2)(c2ccccc2)C=C1. The van der Waals surface area contributed by atoms with Crippen LogP contribution in [0.25, 0.3) is 6.08 Å². The van der Waals surface area contributed by atoms with Crippen molar-refractivity contribution >= 4 is 23.1 Å². The van der Waals surface area contributed by atoms with E-state index in [0.717, 1.165) is 6.42 Å². The van der Waals surface area contributed by atoms with E-state index in [0.29, 0.717) is 0 Å². The number of allylic oxidation sites excluding steroid dienone is 5. The predicted octanol–water partition coefficient (Wildman–Crippen LogP) is 5.73. The first-order chi connectivity index (χ1) is 9.89. The van der Waals surface area contributed by atoms with Crippen LogP contribution in [-0.4, -0.2) is 0 Å². The second kappa shape index (κ2) is 7.24. The van der Waals surface area contributed by atoms with E-state index in [9.17, 15) is 0 Å². The predicted molar refractivity (Wildman–Crippen MR) is 96.8 cm³/mol. The molecule has 1 atom stereocenters. The topological polar surface area (TPSA) is 0 Å². The van der Waals surface area contributed by atoms with Crippen LogP contribution in [0.4, 0.5) is 0 Å². The zero-order valence-electron chi connectivity index (χ0n) is 11.9. The molecule has 0 amide bonds. The van der Waals surface area contributed by atoms with Crippen LogP contribution in [0.2, 0.25) is 0 Å². The van der Waals surface area contributed by atoms with Gasteiger partial charge in [0.05, 0.1) is 0 Å². The lowest BCUT2D eigenvalue weighted by Crippen LogP contribution is -2.21. The van der Waals surface area contributed by atoms with E-state index < -0.39 is 0 Å². The highest BCUT2D eigenvalue weighted by Gasteiger charge is 2.25. The number of halogens is 1. The van der Waals surface area contributed by atoms with Crippen LogP contribution < -0.4 is 0 Å². The fourth-order valence-corrected chi connectivity index (χ4v) is 2.63. The lowest BCUT2D eigenvalue weighted by Gasteiger charge is -2.28. The lowest BCUT2D eigenvalue weighted by molar-refractivity contribution is 0.678. The molecule has 0 radical (unpaired) electrons. The van der Waals surface area contributed by atoms with Gasteiger partial charge in [-0.1, -0.05) is 97.1 Å². The Labute approximate surface area is 137 Å². The third-order valence-corrected chi connectivity index (χ3v) is 3.78. The third-order valence-electron chi connectivity index (χ3n) is 3.78. The zero-order chi connectivity index (χ0) is 13.7. The molecule has 0 nitrogen and oxygen atoms in total. The van der Waals surface area contributed by atoms with E-state index in [1.165, 1.54) is 11.1 Å². The lowest BCUT2D eigenvalue weighted by atomic mass is 9.75.